The first-order valence-electron chi connectivity index (χ1n) is 4.19. The smallest absolute Gasteiger partial charge is 0.326 e. The van der Waals surface area contributed by atoms with Gasteiger partial charge in [0.15, 0.2) is 0 Å². The van der Waals surface area contributed by atoms with E-state index in [2.05, 4.69) is 10.1 Å². The van der Waals surface area contributed by atoms with Gasteiger partial charge in [-0.05, 0) is 25.8 Å². The number of methoxy groups -OCH3 is 1. The van der Waals surface area contributed by atoms with Crippen molar-refractivity contribution < 1.29 is 14.6 Å². The number of carbonyl (C=O) groups is 1. The summed E-state index contributed by atoms with van der Waals surface area (Å²) in [6.45, 7) is 0.844. The van der Waals surface area contributed by atoms with E-state index in [0.29, 0.717) is 6.42 Å². The highest BCUT2D eigenvalue weighted by molar-refractivity contribution is 5.81. The van der Waals surface area contributed by atoms with Crippen LogP contribution in [-0.4, -0.2) is 36.9 Å². The second-order valence-electron chi connectivity index (χ2n) is 3.08. The lowest BCUT2D eigenvalue weighted by Crippen LogP contribution is -2.48. The molecule has 0 saturated carbocycles. The Kier molecular flexibility index (Phi) is 3.05. The molecule has 0 amide bonds. The van der Waals surface area contributed by atoms with E-state index in [1.54, 1.807) is 0 Å². The standard InChI is InChI=1S/C8H15NO3/c1-12-7(11)8(4-6-10)3-2-5-9-8/h9-10H,2-6H2,1H3/t8-/m1/s1. The molecule has 12 heavy (non-hydrogen) atoms. The zero-order chi connectivity index (χ0) is 9.03. The van der Waals surface area contributed by atoms with Gasteiger partial charge in [-0.2, -0.15) is 0 Å². The van der Waals surface area contributed by atoms with Gasteiger partial charge in [-0.15, -0.1) is 0 Å². The fourth-order valence-corrected chi connectivity index (χ4v) is 1.68. The Labute approximate surface area is 71.9 Å². The highest BCUT2D eigenvalue weighted by Gasteiger charge is 2.41. The molecular weight excluding hydrogens is 158 g/mol. The summed E-state index contributed by atoms with van der Waals surface area (Å²) >= 11 is 0. The lowest BCUT2D eigenvalue weighted by Gasteiger charge is -2.25. The first kappa shape index (κ1) is 9.48. The maximum absolute atomic E-state index is 11.3. The van der Waals surface area contributed by atoms with Crippen LogP contribution >= 0.6 is 0 Å². The summed E-state index contributed by atoms with van der Waals surface area (Å²) in [5.74, 6) is -0.256. The molecule has 1 atom stereocenters. The maximum Gasteiger partial charge on any atom is 0.326 e. The van der Waals surface area contributed by atoms with Crippen LogP contribution < -0.4 is 5.32 Å². The molecule has 0 radical (unpaired) electrons. The normalized spacial score (nSPS) is 28.8. The number of aliphatic hydroxyl groups excluding tert-OH is 1. The summed E-state index contributed by atoms with van der Waals surface area (Å²) in [6.07, 6.45) is 2.18. The minimum absolute atomic E-state index is 0.0160. The molecule has 1 fully saturated rings. The summed E-state index contributed by atoms with van der Waals surface area (Å²) in [6, 6.07) is 0. The second-order valence-corrected chi connectivity index (χ2v) is 3.08. The molecule has 0 aliphatic carbocycles. The van der Waals surface area contributed by atoms with Crippen LogP contribution in [0.3, 0.4) is 0 Å². The van der Waals surface area contributed by atoms with E-state index in [-0.39, 0.29) is 12.6 Å². The van der Waals surface area contributed by atoms with E-state index in [0.717, 1.165) is 19.4 Å². The van der Waals surface area contributed by atoms with E-state index in [1.807, 2.05) is 0 Å². The number of carbonyl (C=O) groups excluding carboxylic acids is 1. The minimum Gasteiger partial charge on any atom is -0.468 e. The fourth-order valence-electron chi connectivity index (χ4n) is 1.68. The van der Waals surface area contributed by atoms with E-state index >= 15 is 0 Å². The van der Waals surface area contributed by atoms with Gasteiger partial charge >= 0.3 is 5.97 Å². The Hall–Kier alpha value is -0.610. The van der Waals surface area contributed by atoms with Gasteiger partial charge in [-0.25, -0.2) is 0 Å². The number of ether oxygens (including phenoxy) is 1. The number of aliphatic hydroxyl groups is 1. The van der Waals surface area contributed by atoms with Crippen molar-refractivity contribution in [1.29, 1.82) is 0 Å². The average Bonchev–Trinajstić information content (AvgIpc) is 2.53. The van der Waals surface area contributed by atoms with Gasteiger partial charge in [-0.3, -0.25) is 4.79 Å². The third-order valence-electron chi connectivity index (χ3n) is 2.36. The molecular formula is C8H15NO3. The van der Waals surface area contributed by atoms with E-state index in [9.17, 15) is 4.79 Å². The zero-order valence-corrected chi connectivity index (χ0v) is 7.30. The highest BCUT2D eigenvalue weighted by atomic mass is 16.5. The molecule has 1 aliphatic rings. The maximum atomic E-state index is 11.3. The van der Waals surface area contributed by atoms with Gasteiger partial charge in [-0.1, -0.05) is 0 Å². The molecule has 1 saturated heterocycles. The van der Waals surface area contributed by atoms with Crippen molar-refractivity contribution >= 4 is 5.97 Å². The molecule has 2 N–H and O–H groups in total. The van der Waals surface area contributed by atoms with Gasteiger partial charge in [0, 0.05) is 6.61 Å². The van der Waals surface area contributed by atoms with Crippen molar-refractivity contribution in [3.8, 4) is 0 Å². The summed E-state index contributed by atoms with van der Waals surface area (Å²) in [4.78, 5) is 11.3. The van der Waals surface area contributed by atoms with E-state index < -0.39 is 5.54 Å². The molecule has 0 aromatic rings. The van der Waals surface area contributed by atoms with Gasteiger partial charge in [0.25, 0.3) is 0 Å². The first-order valence-corrected chi connectivity index (χ1v) is 4.19. The lowest BCUT2D eigenvalue weighted by atomic mass is 9.94. The Bertz CT molecular complexity index is 164. The topological polar surface area (TPSA) is 58.6 Å². The largest absolute Gasteiger partial charge is 0.468 e. The molecule has 4 heteroatoms. The van der Waals surface area contributed by atoms with Crippen LogP contribution in [-0.2, 0) is 9.53 Å². The Balaban J connectivity index is 2.64. The van der Waals surface area contributed by atoms with E-state index in [4.69, 9.17) is 5.11 Å². The molecule has 0 bridgehead atoms. The SMILES string of the molecule is COC(=O)[C@]1(CCO)CCCN1. The summed E-state index contributed by atoms with van der Waals surface area (Å²) in [5, 5.41) is 11.9. The summed E-state index contributed by atoms with van der Waals surface area (Å²) < 4.78 is 4.68. The second kappa shape index (κ2) is 3.87. The number of hydrogen-bond donors (Lipinski definition) is 2. The predicted molar refractivity (Wildman–Crippen MR) is 43.7 cm³/mol. The number of esters is 1. The minimum atomic E-state index is -0.608. The van der Waals surface area contributed by atoms with Crippen molar-refractivity contribution in [1.82, 2.24) is 5.32 Å². The van der Waals surface area contributed by atoms with Crippen molar-refractivity contribution in [3.63, 3.8) is 0 Å². The van der Waals surface area contributed by atoms with Crippen molar-refractivity contribution in [3.05, 3.63) is 0 Å². The fraction of sp³-hybridized carbons (Fsp3) is 0.875. The van der Waals surface area contributed by atoms with Crippen molar-refractivity contribution in [2.45, 2.75) is 24.8 Å². The Morgan fingerprint density at radius 1 is 1.75 bits per heavy atom. The molecule has 0 aromatic carbocycles. The molecule has 4 nitrogen and oxygen atoms in total. The van der Waals surface area contributed by atoms with Crippen LogP contribution in [0.15, 0.2) is 0 Å². The van der Waals surface area contributed by atoms with E-state index in [1.165, 1.54) is 7.11 Å². The zero-order valence-electron chi connectivity index (χ0n) is 7.30. The van der Waals surface area contributed by atoms with Crippen LogP contribution in [0, 0.1) is 0 Å². The first-order chi connectivity index (χ1) is 5.75. The molecule has 70 valence electrons. The molecule has 1 aliphatic heterocycles. The van der Waals surface area contributed by atoms with Gasteiger partial charge in [0.2, 0.25) is 0 Å². The Morgan fingerprint density at radius 2 is 2.50 bits per heavy atom. The average molecular weight is 173 g/mol. The highest BCUT2D eigenvalue weighted by Crippen LogP contribution is 2.23. The van der Waals surface area contributed by atoms with Crippen LogP contribution in [0.25, 0.3) is 0 Å². The molecule has 1 rings (SSSR count). The summed E-state index contributed by atoms with van der Waals surface area (Å²) in [7, 11) is 1.38. The van der Waals surface area contributed by atoms with Gasteiger partial charge < -0.3 is 15.2 Å². The molecule has 0 aromatic heterocycles. The number of hydrogen-bond acceptors (Lipinski definition) is 4. The summed E-state index contributed by atoms with van der Waals surface area (Å²) in [5.41, 5.74) is -0.608. The predicted octanol–water partition coefficient (Wildman–Crippen LogP) is -0.336. The van der Waals surface area contributed by atoms with Crippen molar-refractivity contribution in [2.24, 2.45) is 0 Å². The quantitative estimate of drug-likeness (QED) is 0.573. The van der Waals surface area contributed by atoms with Crippen LogP contribution in [0.1, 0.15) is 19.3 Å². The van der Waals surface area contributed by atoms with Gasteiger partial charge in [0.1, 0.15) is 5.54 Å². The monoisotopic (exact) mass is 173 g/mol. The Morgan fingerprint density at radius 3 is 2.92 bits per heavy atom. The van der Waals surface area contributed by atoms with Crippen molar-refractivity contribution in [2.75, 3.05) is 20.3 Å². The lowest BCUT2D eigenvalue weighted by molar-refractivity contribution is -0.148. The van der Waals surface area contributed by atoms with Crippen LogP contribution in [0.2, 0.25) is 0 Å². The third kappa shape index (κ3) is 1.59. The van der Waals surface area contributed by atoms with Crippen LogP contribution in [0.4, 0.5) is 0 Å². The van der Waals surface area contributed by atoms with Gasteiger partial charge in [0.05, 0.1) is 7.11 Å². The molecule has 0 unspecified atom stereocenters. The third-order valence-corrected chi connectivity index (χ3v) is 2.36. The van der Waals surface area contributed by atoms with Crippen LogP contribution in [0.5, 0.6) is 0 Å². The molecule has 1 heterocycles. The number of nitrogens with one attached hydrogen (secondary N) is 1. The number of rotatable bonds is 3. The molecule has 0 spiro atoms.